The number of aromatic nitrogens is 4. The molecule has 0 spiro atoms. The van der Waals surface area contributed by atoms with Gasteiger partial charge in [-0.1, -0.05) is 20.8 Å². The van der Waals surface area contributed by atoms with E-state index in [9.17, 15) is 0 Å². The van der Waals surface area contributed by atoms with Gasteiger partial charge in [0, 0.05) is 43.8 Å². The fourth-order valence-corrected chi connectivity index (χ4v) is 3.22. The summed E-state index contributed by atoms with van der Waals surface area (Å²) in [4.78, 5) is 20.1. The van der Waals surface area contributed by atoms with Crippen LogP contribution in [0.1, 0.15) is 56.8 Å². The fraction of sp³-hybridized carbons (Fsp3) is 0.556. The molecule has 3 rings (SSSR count). The average molecular weight is 311 g/mol. The second-order valence-corrected chi connectivity index (χ2v) is 6.82. The van der Waals surface area contributed by atoms with Gasteiger partial charge in [0.25, 0.3) is 0 Å². The number of anilines is 1. The van der Waals surface area contributed by atoms with Crippen LogP contribution < -0.4 is 4.90 Å². The van der Waals surface area contributed by atoms with E-state index >= 15 is 0 Å². The summed E-state index contributed by atoms with van der Waals surface area (Å²) in [6, 6.07) is 0. The zero-order valence-electron chi connectivity index (χ0n) is 14.2. The lowest BCUT2D eigenvalue weighted by atomic mass is 9.93. The third-order valence-electron chi connectivity index (χ3n) is 4.62. The van der Waals surface area contributed by atoms with Crippen LogP contribution in [-0.2, 0) is 0 Å². The van der Waals surface area contributed by atoms with Crippen LogP contribution in [0.25, 0.3) is 0 Å². The lowest BCUT2D eigenvalue weighted by molar-refractivity contribution is 0.481. The van der Waals surface area contributed by atoms with Crippen molar-refractivity contribution in [3.8, 4) is 0 Å². The summed E-state index contributed by atoms with van der Waals surface area (Å²) in [6.07, 6.45) is 11.5. The summed E-state index contributed by atoms with van der Waals surface area (Å²) in [5, 5.41) is 0. The van der Waals surface area contributed by atoms with Crippen molar-refractivity contribution in [3.05, 3.63) is 42.4 Å². The summed E-state index contributed by atoms with van der Waals surface area (Å²) in [5.74, 6) is 2.56. The molecule has 5 nitrogen and oxygen atoms in total. The molecule has 2 atom stereocenters. The van der Waals surface area contributed by atoms with Crippen LogP contribution in [0.2, 0.25) is 0 Å². The highest BCUT2D eigenvalue weighted by Crippen LogP contribution is 2.30. The third-order valence-corrected chi connectivity index (χ3v) is 4.62. The Bertz CT molecular complexity index is 628. The van der Waals surface area contributed by atoms with Crippen molar-refractivity contribution in [2.75, 3.05) is 18.0 Å². The molecule has 1 fully saturated rings. The first kappa shape index (κ1) is 15.8. The monoisotopic (exact) mass is 311 g/mol. The van der Waals surface area contributed by atoms with Crippen LogP contribution in [0, 0.1) is 5.92 Å². The third kappa shape index (κ3) is 3.84. The van der Waals surface area contributed by atoms with Gasteiger partial charge in [0.2, 0.25) is 0 Å². The average Bonchev–Trinajstić information content (AvgIpc) is 3.04. The molecule has 23 heavy (non-hydrogen) atoms. The lowest BCUT2D eigenvalue weighted by Crippen LogP contribution is -2.22. The van der Waals surface area contributed by atoms with E-state index in [1.807, 2.05) is 18.6 Å². The Balaban J connectivity index is 1.61. The number of rotatable bonds is 5. The Labute approximate surface area is 138 Å². The standard InChI is InChI=1S/C18H25N5/c1-13(2)16-9-20-11-18(22-16)23-7-4-15(12-23)8-14(3)17-10-19-5-6-21-17/h5-6,9-11,13-15H,4,7-8,12H2,1-3H3. The van der Waals surface area contributed by atoms with Gasteiger partial charge in [-0.05, 0) is 24.7 Å². The molecule has 3 heterocycles. The van der Waals surface area contributed by atoms with E-state index in [1.54, 1.807) is 12.4 Å². The Morgan fingerprint density at radius 2 is 1.91 bits per heavy atom. The molecule has 1 aliphatic rings. The van der Waals surface area contributed by atoms with E-state index in [0.717, 1.165) is 36.7 Å². The van der Waals surface area contributed by atoms with Crippen LogP contribution in [0.15, 0.2) is 31.0 Å². The van der Waals surface area contributed by atoms with Crippen LogP contribution in [-0.4, -0.2) is 33.0 Å². The van der Waals surface area contributed by atoms with Gasteiger partial charge in [0.1, 0.15) is 5.82 Å². The highest BCUT2D eigenvalue weighted by Gasteiger charge is 2.26. The van der Waals surface area contributed by atoms with Gasteiger partial charge in [0.15, 0.2) is 0 Å². The fourth-order valence-electron chi connectivity index (χ4n) is 3.22. The maximum atomic E-state index is 4.77. The maximum absolute atomic E-state index is 4.77. The predicted octanol–water partition coefficient (Wildman–Crippen LogP) is 3.41. The first-order valence-corrected chi connectivity index (χ1v) is 8.46. The molecule has 0 amide bonds. The minimum Gasteiger partial charge on any atom is -0.355 e. The van der Waals surface area contributed by atoms with Gasteiger partial charge in [0.05, 0.1) is 17.6 Å². The molecule has 2 unspecified atom stereocenters. The summed E-state index contributed by atoms with van der Waals surface area (Å²) in [5.41, 5.74) is 2.16. The van der Waals surface area contributed by atoms with Crippen LogP contribution in [0.5, 0.6) is 0 Å². The molecule has 1 saturated heterocycles. The van der Waals surface area contributed by atoms with E-state index in [0.29, 0.717) is 17.8 Å². The van der Waals surface area contributed by atoms with Crippen LogP contribution in [0.3, 0.4) is 0 Å². The van der Waals surface area contributed by atoms with E-state index in [1.165, 1.54) is 6.42 Å². The normalized spacial score (nSPS) is 19.3. The molecule has 0 radical (unpaired) electrons. The highest BCUT2D eigenvalue weighted by molar-refractivity contribution is 5.38. The molecular formula is C18H25N5. The second-order valence-electron chi connectivity index (χ2n) is 6.82. The molecule has 0 bridgehead atoms. The highest BCUT2D eigenvalue weighted by atomic mass is 15.2. The van der Waals surface area contributed by atoms with E-state index in [4.69, 9.17) is 4.98 Å². The molecule has 122 valence electrons. The topological polar surface area (TPSA) is 54.8 Å². The van der Waals surface area contributed by atoms with Gasteiger partial charge in [-0.3, -0.25) is 15.0 Å². The first-order chi connectivity index (χ1) is 11.1. The molecule has 0 aromatic carbocycles. The zero-order valence-corrected chi connectivity index (χ0v) is 14.2. The van der Waals surface area contributed by atoms with Crippen LogP contribution in [0.4, 0.5) is 5.82 Å². The lowest BCUT2D eigenvalue weighted by Gasteiger charge is -2.19. The Morgan fingerprint density at radius 3 is 2.65 bits per heavy atom. The van der Waals surface area contributed by atoms with Gasteiger partial charge < -0.3 is 4.90 Å². The van der Waals surface area contributed by atoms with E-state index in [-0.39, 0.29) is 0 Å². The largest absolute Gasteiger partial charge is 0.355 e. The van der Waals surface area contributed by atoms with Crippen molar-refractivity contribution in [2.24, 2.45) is 5.92 Å². The number of hydrogen-bond donors (Lipinski definition) is 0. The van der Waals surface area contributed by atoms with E-state index in [2.05, 4.69) is 40.6 Å². The Hall–Kier alpha value is -2.04. The van der Waals surface area contributed by atoms with Crippen molar-refractivity contribution in [3.63, 3.8) is 0 Å². The summed E-state index contributed by atoms with van der Waals surface area (Å²) >= 11 is 0. The van der Waals surface area contributed by atoms with Crippen molar-refractivity contribution in [2.45, 2.75) is 45.4 Å². The molecule has 0 aliphatic carbocycles. The van der Waals surface area contributed by atoms with Crippen molar-refractivity contribution < 1.29 is 0 Å². The summed E-state index contributed by atoms with van der Waals surface area (Å²) in [7, 11) is 0. The van der Waals surface area contributed by atoms with Crippen molar-refractivity contribution >= 4 is 5.82 Å². The van der Waals surface area contributed by atoms with Gasteiger partial charge in [-0.15, -0.1) is 0 Å². The minimum atomic E-state index is 0.414. The van der Waals surface area contributed by atoms with Gasteiger partial charge in [-0.2, -0.15) is 0 Å². The van der Waals surface area contributed by atoms with Crippen molar-refractivity contribution in [1.29, 1.82) is 0 Å². The number of hydrogen-bond acceptors (Lipinski definition) is 5. The van der Waals surface area contributed by atoms with E-state index < -0.39 is 0 Å². The van der Waals surface area contributed by atoms with Crippen LogP contribution >= 0.6 is 0 Å². The van der Waals surface area contributed by atoms with Gasteiger partial charge >= 0.3 is 0 Å². The quantitative estimate of drug-likeness (QED) is 0.847. The first-order valence-electron chi connectivity index (χ1n) is 8.46. The molecule has 1 aliphatic heterocycles. The molecule has 2 aromatic rings. The van der Waals surface area contributed by atoms with Gasteiger partial charge in [-0.25, -0.2) is 4.98 Å². The molecule has 0 N–H and O–H groups in total. The SMILES string of the molecule is CC(C)c1cncc(N2CCC(CC(C)c3cnccn3)C2)n1. The predicted molar refractivity (Wildman–Crippen MR) is 91.5 cm³/mol. The minimum absolute atomic E-state index is 0.414. The smallest absolute Gasteiger partial charge is 0.147 e. The maximum Gasteiger partial charge on any atom is 0.147 e. The second kappa shape index (κ2) is 7.02. The Morgan fingerprint density at radius 1 is 1.09 bits per heavy atom. The number of nitrogens with zero attached hydrogens (tertiary/aromatic N) is 5. The zero-order chi connectivity index (χ0) is 16.2. The summed E-state index contributed by atoms with van der Waals surface area (Å²) in [6.45, 7) is 8.67. The summed E-state index contributed by atoms with van der Waals surface area (Å²) < 4.78 is 0. The Kier molecular flexibility index (Phi) is 4.84. The molecule has 5 heteroatoms. The molecular weight excluding hydrogens is 286 g/mol. The van der Waals surface area contributed by atoms with Crippen molar-refractivity contribution in [1.82, 2.24) is 19.9 Å². The molecule has 0 saturated carbocycles. The molecule has 2 aromatic heterocycles.